The van der Waals surface area contributed by atoms with Crippen LogP contribution in [0.15, 0.2) is 47.6 Å². The molecule has 1 N–H and O–H groups in total. The lowest BCUT2D eigenvalue weighted by atomic mass is 10.1. The van der Waals surface area contributed by atoms with Crippen molar-refractivity contribution in [1.82, 2.24) is 5.43 Å². The molecule has 6 heteroatoms. The molecule has 0 aliphatic carbocycles. The fourth-order valence-electron chi connectivity index (χ4n) is 1.85. The van der Waals surface area contributed by atoms with Crippen molar-refractivity contribution in [2.24, 2.45) is 5.10 Å². The lowest BCUT2D eigenvalue weighted by Crippen LogP contribution is -2.18. The number of halogens is 1. The van der Waals surface area contributed by atoms with E-state index >= 15 is 0 Å². The van der Waals surface area contributed by atoms with Gasteiger partial charge in [0.25, 0.3) is 5.91 Å². The van der Waals surface area contributed by atoms with Gasteiger partial charge in [0.15, 0.2) is 0 Å². The highest BCUT2D eigenvalue weighted by molar-refractivity contribution is 6.33. The van der Waals surface area contributed by atoms with E-state index in [1.54, 1.807) is 42.5 Å². The average molecular weight is 331 g/mol. The molecule has 2 aromatic carbocycles. The average Bonchev–Trinajstić information content (AvgIpc) is 2.54. The van der Waals surface area contributed by atoms with Gasteiger partial charge in [0.1, 0.15) is 0 Å². The van der Waals surface area contributed by atoms with Gasteiger partial charge in [-0.3, -0.25) is 4.79 Å². The maximum Gasteiger partial charge on any atom is 0.337 e. The van der Waals surface area contributed by atoms with Crippen molar-refractivity contribution in [2.75, 3.05) is 7.11 Å². The van der Waals surface area contributed by atoms with Gasteiger partial charge in [-0.15, -0.1) is 0 Å². The van der Waals surface area contributed by atoms with Gasteiger partial charge in [-0.1, -0.05) is 29.8 Å². The molecule has 2 rings (SSSR count). The van der Waals surface area contributed by atoms with Crippen LogP contribution >= 0.6 is 11.6 Å². The van der Waals surface area contributed by atoms with E-state index in [4.69, 9.17) is 11.6 Å². The second kappa shape index (κ2) is 7.56. The van der Waals surface area contributed by atoms with Crippen LogP contribution in [0.5, 0.6) is 0 Å². The molecule has 23 heavy (non-hydrogen) atoms. The van der Waals surface area contributed by atoms with Gasteiger partial charge in [-0.2, -0.15) is 5.10 Å². The third-order valence-corrected chi connectivity index (χ3v) is 3.39. The molecule has 0 aliphatic heterocycles. The number of methoxy groups -OCH3 is 1. The number of nitrogens with zero attached hydrogens (tertiary/aromatic N) is 1. The molecule has 0 aliphatic rings. The number of amides is 1. The molecule has 2 aromatic rings. The van der Waals surface area contributed by atoms with Gasteiger partial charge in [0.2, 0.25) is 0 Å². The Labute approximate surface area is 138 Å². The summed E-state index contributed by atoms with van der Waals surface area (Å²) in [4.78, 5) is 23.3. The van der Waals surface area contributed by atoms with Crippen LogP contribution in [-0.2, 0) is 4.74 Å². The van der Waals surface area contributed by atoms with Gasteiger partial charge in [0.05, 0.1) is 29.5 Å². The van der Waals surface area contributed by atoms with E-state index in [9.17, 15) is 9.59 Å². The number of esters is 1. The molecular weight excluding hydrogens is 316 g/mol. The molecule has 0 fully saturated rings. The topological polar surface area (TPSA) is 67.8 Å². The SMILES string of the molecule is COC(=O)c1ccc(C=NNC(=O)c2ccc(C)cc2Cl)cc1. The Morgan fingerprint density at radius 2 is 1.87 bits per heavy atom. The number of hydrazone groups is 1. The Kier molecular flexibility index (Phi) is 5.49. The van der Waals surface area contributed by atoms with Gasteiger partial charge >= 0.3 is 5.97 Å². The number of hydrogen-bond donors (Lipinski definition) is 1. The second-order valence-electron chi connectivity index (χ2n) is 4.80. The monoisotopic (exact) mass is 330 g/mol. The summed E-state index contributed by atoms with van der Waals surface area (Å²) in [5, 5.41) is 4.25. The Bertz CT molecular complexity index is 755. The van der Waals surface area contributed by atoms with E-state index in [1.807, 2.05) is 6.92 Å². The third kappa shape index (κ3) is 4.40. The number of carbonyl (C=O) groups excluding carboxylic acids is 2. The Morgan fingerprint density at radius 1 is 1.17 bits per heavy atom. The molecule has 0 radical (unpaired) electrons. The summed E-state index contributed by atoms with van der Waals surface area (Å²) in [5.74, 6) is -0.798. The largest absolute Gasteiger partial charge is 0.465 e. The van der Waals surface area contributed by atoms with Gasteiger partial charge in [-0.25, -0.2) is 10.2 Å². The Balaban J connectivity index is 2.01. The number of nitrogens with one attached hydrogen (secondary N) is 1. The fraction of sp³-hybridized carbons (Fsp3) is 0.118. The fourth-order valence-corrected chi connectivity index (χ4v) is 2.17. The minimum absolute atomic E-state index is 0.357. The highest BCUT2D eigenvalue weighted by atomic mass is 35.5. The van der Waals surface area contributed by atoms with Crippen LogP contribution in [0.1, 0.15) is 31.8 Å². The van der Waals surface area contributed by atoms with Crippen LogP contribution < -0.4 is 5.43 Å². The minimum atomic E-state index is -0.407. The first-order chi connectivity index (χ1) is 11.0. The molecule has 0 saturated heterocycles. The first kappa shape index (κ1) is 16.7. The normalized spacial score (nSPS) is 10.6. The number of carbonyl (C=O) groups is 2. The molecule has 0 aromatic heterocycles. The van der Waals surface area contributed by atoms with Crippen LogP contribution in [0.4, 0.5) is 0 Å². The van der Waals surface area contributed by atoms with Crippen molar-refractivity contribution in [3.8, 4) is 0 Å². The van der Waals surface area contributed by atoms with Crippen LogP contribution in [0.25, 0.3) is 0 Å². The van der Waals surface area contributed by atoms with Crippen LogP contribution in [0, 0.1) is 6.92 Å². The van der Waals surface area contributed by atoms with E-state index < -0.39 is 11.9 Å². The summed E-state index contributed by atoms with van der Waals surface area (Å²) < 4.78 is 4.62. The summed E-state index contributed by atoms with van der Waals surface area (Å²) >= 11 is 6.02. The number of hydrogen-bond acceptors (Lipinski definition) is 4. The van der Waals surface area contributed by atoms with Crippen molar-refractivity contribution in [3.05, 3.63) is 69.7 Å². The maximum absolute atomic E-state index is 12.0. The maximum atomic E-state index is 12.0. The zero-order valence-corrected chi connectivity index (χ0v) is 13.4. The third-order valence-electron chi connectivity index (χ3n) is 3.08. The number of benzene rings is 2. The number of aryl methyl sites for hydroxylation is 1. The van der Waals surface area contributed by atoms with E-state index in [0.717, 1.165) is 11.1 Å². The molecule has 5 nitrogen and oxygen atoms in total. The van der Waals surface area contributed by atoms with Crippen LogP contribution in [0.2, 0.25) is 5.02 Å². The van der Waals surface area contributed by atoms with Crippen LogP contribution in [-0.4, -0.2) is 25.2 Å². The lowest BCUT2D eigenvalue weighted by molar-refractivity contribution is 0.0600. The van der Waals surface area contributed by atoms with E-state index in [0.29, 0.717) is 16.1 Å². The summed E-state index contributed by atoms with van der Waals surface area (Å²) in [7, 11) is 1.32. The summed E-state index contributed by atoms with van der Waals surface area (Å²) in [6, 6.07) is 11.8. The summed E-state index contributed by atoms with van der Waals surface area (Å²) in [5.41, 5.74) is 4.91. The quantitative estimate of drug-likeness (QED) is 0.532. The summed E-state index contributed by atoms with van der Waals surface area (Å²) in [6.45, 7) is 1.89. The van der Waals surface area contributed by atoms with Crippen LogP contribution in [0.3, 0.4) is 0 Å². The smallest absolute Gasteiger partial charge is 0.337 e. The Morgan fingerprint density at radius 3 is 2.48 bits per heavy atom. The molecule has 0 heterocycles. The van der Waals surface area contributed by atoms with Crippen molar-refractivity contribution < 1.29 is 14.3 Å². The molecule has 118 valence electrons. The number of ether oxygens (including phenoxy) is 1. The van der Waals surface area contributed by atoms with Crippen molar-refractivity contribution in [1.29, 1.82) is 0 Å². The van der Waals surface area contributed by atoms with Crippen molar-refractivity contribution >= 4 is 29.7 Å². The van der Waals surface area contributed by atoms with Gasteiger partial charge < -0.3 is 4.74 Å². The van der Waals surface area contributed by atoms with E-state index in [-0.39, 0.29) is 0 Å². The Hall–Kier alpha value is -2.66. The van der Waals surface area contributed by atoms with Crippen molar-refractivity contribution in [3.63, 3.8) is 0 Å². The summed E-state index contributed by atoms with van der Waals surface area (Å²) in [6.07, 6.45) is 1.47. The molecular formula is C17H15ClN2O3. The van der Waals surface area contributed by atoms with E-state index in [2.05, 4.69) is 15.3 Å². The molecule has 0 atom stereocenters. The van der Waals surface area contributed by atoms with Gasteiger partial charge in [-0.05, 0) is 42.3 Å². The predicted molar refractivity (Wildman–Crippen MR) is 89.0 cm³/mol. The van der Waals surface area contributed by atoms with Gasteiger partial charge in [0, 0.05) is 0 Å². The minimum Gasteiger partial charge on any atom is -0.465 e. The van der Waals surface area contributed by atoms with E-state index in [1.165, 1.54) is 13.3 Å². The molecule has 0 bridgehead atoms. The lowest BCUT2D eigenvalue weighted by Gasteiger charge is -2.03. The standard InChI is InChI=1S/C17H15ClN2O3/c1-11-3-8-14(15(18)9-11)16(21)20-19-10-12-4-6-13(7-5-12)17(22)23-2/h3-10H,1-2H3,(H,20,21). The first-order valence-corrected chi connectivity index (χ1v) is 7.17. The highest BCUT2D eigenvalue weighted by Crippen LogP contribution is 2.17. The molecule has 1 amide bonds. The number of rotatable bonds is 4. The second-order valence-corrected chi connectivity index (χ2v) is 5.20. The first-order valence-electron chi connectivity index (χ1n) is 6.79. The molecule has 0 unspecified atom stereocenters. The predicted octanol–water partition coefficient (Wildman–Crippen LogP) is 3.20. The molecule has 0 saturated carbocycles. The zero-order valence-electron chi connectivity index (χ0n) is 12.7. The zero-order chi connectivity index (χ0) is 16.8. The molecule has 0 spiro atoms. The van der Waals surface area contributed by atoms with Crippen molar-refractivity contribution in [2.45, 2.75) is 6.92 Å². The highest BCUT2D eigenvalue weighted by Gasteiger charge is 2.09.